The summed E-state index contributed by atoms with van der Waals surface area (Å²) >= 11 is 0. The summed E-state index contributed by atoms with van der Waals surface area (Å²) in [4.78, 5) is 44.5. The SMILES string of the molecule is CC(C)(C)C(NC(=O)c1cc(F)cc(F)c1)Nc1c(Nc2cnccn2)c(=O)c1=O. The van der Waals surface area contributed by atoms with Crippen LogP contribution in [0.2, 0.25) is 0 Å². The molecule has 1 unspecified atom stereocenters. The summed E-state index contributed by atoms with van der Waals surface area (Å²) in [6, 6.07) is 2.46. The molecule has 156 valence electrons. The predicted molar refractivity (Wildman–Crippen MR) is 107 cm³/mol. The molecule has 3 aromatic rings. The highest BCUT2D eigenvalue weighted by Gasteiger charge is 2.31. The number of halogens is 2. The number of nitrogens with zero attached hydrogens (tertiary/aromatic N) is 2. The van der Waals surface area contributed by atoms with Gasteiger partial charge in [0.05, 0.1) is 6.20 Å². The fraction of sp³-hybridized carbons (Fsp3) is 0.250. The predicted octanol–water partition coefficient (Wildman–Crippen LogP) is 2.31. The average Bonchev–Trinajstić information content (AvgIpc) is 2.68. The second kappa shape index (κ2) is 7.97. The van der Waals surface area contributed by atoms with E-state index in [4.69, 9.17) is 0 Å². The first-order valence-electron chi connectivity index (χ1n) is 8.96. The normalized spacial score (nSPS) is 12.4. The largest absolute Gasteiger partial charge is 0.360 e. The Hall–Kier alpha value is -3.69. The van der Waals surface area contributed by atoms with Crippen LogP contribution in [0.1, 0.15) is 31.1 Å². The van der Waals surface area contributed by atoms with Gasteiger partial charge in [0.2, 0.25) is 0 Å². The van der Waals surface area contributed by atoms with Gasteiger partial charge in [0.1, 0.15) is 35.0 Å². The minimum Gasteiger partial charge on any atom is -0.360 e. The Morgan fingerprint density at radius 1 is 1.00 bits per heavy atom. The van der Waals surface area contributed by atoms with Crippen LogP contribution in [0.3, 0.4) is 0 Å². The van der Waals surface area contributed by atoms with Gasteiger partial charge in [-0.05, 0) is 12.1 Å². The maximum atomic E-state index is 13.4. The second-order valence-electron chi connectivity index (χ2n) is 7.70. The molecule has 0 bridgehead atoms. The van der Waals surface area contributed by atoms with E-state index in [1.807, 2.05) is 0 Å². The topological polar surface area (TPSA) is 113 Å². The highest BCUT2D eigenvalue weighted by Crippen LogP contribution is 2.25. The van der Waals surface area contributed by atoms with E-state index in [2.05, 4.69) is 25.9 Å². The van der Waals surface area contributed by atoms with Crippen molar-refractivity contribution < 1.29 is 13.6 Å². The first-order chi connectivity index (χ1) is 14.1. The highest BCUT2D eigenvalue weighted by atomic mass is 19.1. The fourth-order valence-corrected chi connectivity index (χ4v) is 2.65. The Balaban J connectivity index is 1.85. The van der Waals surface area contributed by atoms with Crippen molar-refractivity contribution in [3.05, 3.63) is 74.4 Å². The maximum absolute atomic E-state index is 13.4. The van der Waals surface area contributed by atoms with Crippen LogP contribution < -0.4 is 26.8 Å². The fourth-order valence-electron chi connectivity index (χ4n) is 2.65. The third kappa shape index (κ3) is 4.48. The number of benzene rings is 1. The molecule has 30 heavy (non-hydrogen) atoms. The molecule has 0 radical (unpaired) electrons. The molecule has 1 amide bonds. The second-order valence-corrected chi connectivity index (χ2v) is 7.70. The van der Waals surface area contributed by atoms with E-state index in [1.165, 1.54) is 18.6 Å². The summed E-state index contributed by atoms with van der Waals surface area (Å²) in [5.74, 6) is -2.26. The first-order valence-corrected chi connectivity index (χ1v) is 8.96. The Morgan fingerprint density at radius 3 is 2.20 bits per heavy atom. The lowest BCUT2D eigenvalue weighted by atomic mass is 9.91. The zero-order chi connectivity index (χ0) is 22.1. The van der Waals surface area contributed by atoms with Crippen molar-refractivity contribution in [1.29, 1.82) is 0 Å². The maximum Gasteiger partial charge on any atom is 0.253 e. The number of carbonyl (C=O) groups excluding carboxylic acids is 1. The van der Waals surface area contributed by atoms with Gasteiger partial charge in [-0.2, -0.15) is 0 Å². The average molecular weight is 415 g/mol. The van der Waals surface area contributed by atoms with Crippen LogP contribution in [-0.2, 0) is 0 Å². The van der Waals surface area contributed by atoms with Gasteiger partial charge in [-0.15, -0.1) is 0 Å². The van der Waals surface area contributed by atoms with Crippen LogP contribution in [0, 0.1) is 17.0 Å². The number of hydrogen-bond donors (Lipinski definition) is 3. The van der Waals surface area contributed by atoms with Crippen molar-refractivity contribution in [2.24, 2.45) is 5.41 Å². The van der Waals surface area contributed by atoms with Crippen molar-refractivity contribution in [3.8, 4) is 0 Å². The summed E-state index contributed by atoms with van der Waals surface area (Å²) in [5, 5.41) is 8.19. The molecule has 0 aliphatic rings. The van der Waals surface area contributed by atoms with E-state index < -0.39 is 40.0 Å². The van der Waals surface area contributed by atoms with E-state index in [9.17, 15) is 23.2 Å². The molecule has 0 fully saturated rings. The van der Waals surface area contributed by atoms with E-state index in [0.29, 0.717) is 6.07 Å². The van der Waals surface area contributed by atoms with E-state index in [0.717, 1.165) is 12.1 Å². The number of hydrogen-bond acceptors (Lipinski definition) is 7. The number of nitrogens with one attached hydrogen (secondary N) is 3. The summed E-state index contributed by atoms with van der Waals surface area (Å²) in [5.41, 5.74) is -2.40. The Kier molecular flexibility index (Phi) is 5.59. The van der Waals surface area contributed by atoms with Crippen LogP contribution in [0.5, 0.6) is 0 Å². The minimum absolute atomic E-state index is 0.0131. The van der Waals surface area contributed by atoms with Crippen LogP contribution >= 0.6 is 0 Å². The lowest BCUT2D eigenvalue weighted by Crippen LogP contribution is -2.51. The Bertz CT molecular complexity index is 1130. The van der Waals surface area contributed by atoms with Crippen molar-refractivity contribution in [2.75, 3.05) is 10.6 Å². The zero-order valence-electron chi connectivity index (χ0n) is 16.4. The van der Waals surface area contributed by atoms with Crippen LogP contribution in [0.15, 0.2) is 46.4 Å². The summed E-state index contributed by atoms with van der Waals surface area (Å²) < 4.78 is 26.9. The third-order valence-corrected chi connectivity index (χ3v) is 4.28. The van der Waals surface area contributed by atoms with Crippen LogP contribution in [0.25, 0.3) is 0 Å². The zero-order valence-corrected chi connectivity index (χ0v) is 16.4. The van der Waals surface area contributed by atoms with Crippen molar-refractivity contribution in [1.82, 2.24) is 15.3 Å². The van der Waals surface area contributed by atoms with Crippen molar-refractivity contribution >= 4 is 23.1 Å². The van der Waals surface area contributed by atoms with Gasteiger partial charge in [-0.3, -0.25) is 19.4 Å². The standard InChI is InChI=1S/C20H19F2N5O3/c1-20(2,3)19(27-18(30)10-6-11(21)8-12(22)7-10)26-15-14(16(28)17(15)29)25-13-9-23-4-5-24-13/h4-9,19,26H,1-3H3,(H,24,25)(H,27,30). The van der Waals surface area contributed by atoms with Gasteiger partial charge in [-0.1, -0.05) is 20.8 Å². The van der Waals surface area contributed by atoms with Crippen molar-refractivity contribution in [2.45, 2.75) is 26.9 Å². The first kappa shape index (κ1) is 21.0. The van der Waals surface area contributed by atoms with E-state index in [-0.39, 0.29) is 22.8 Å². The smallest absolute Gasteiger partial charge is 0.253 e. The van der Waals surface area contributed by atoms with Crippen LogP contribution in [0.4, 0.5) is 26.0 Å². The molecule has 1 atom stereocenters. The van der Waals surface area contributed by atoms with Crippen LogP contribution in [-0.4, -0.2) is 22.0 Å². The van der Waals surface area contributed by atoms with E-state index in [1.54, 1.807) is 20.8 Å². The third-order valence-electron chi connectivity index (χ3n) is 4.28. The molecule has 0 aliphatic carbocycles. The van der Waals surface area contributed by atoms with Gasteiger partial charge in [0, 0.05) is 29.4 Å². The summed E-state index contributed by atoms with van der Waals surface area (Å²) in [6.07, 6.45) is 3.40. The molecule has 0 spiro atoms. The van der Waals surface area contributed by atoms with Gasteiger partial charge >= 0.3 is 0 Å². The molecule has 1 aromatic heterocycles. The monoisotopic (exact) mass is 415 g/mol. The lowest BCUT2D eigenvalue weighted by Gasteiger charge is -2.33. The molecular formula is C20H19F2N5O3. The Morgan fingerprint density at radius 2 is 1.63 bits per heavy atom. The summed E-state index contributed by atoms with van der Waals surface area (Å²) in [7, 11) is 0. The number of amides is 1. The summed E-state index contributed by atoms with van der Waals surface area (Å²) in [6.45, 7) is 5.33. The molecule has 1 heterocycles. The molecule has 2 aromatic carbocycles. The molecular weight excluding hydrogens is 396 g/mol. The molecule has 8 nitrogen and oxygen atoms in total. The quantitative estimate of drug-likeness (QED) is 0.418. The van der Waals surface area contributed by atoms with E-state index >= 15 is 0 Å². The molecule has 3 N–H and O–H groups in total. The van der Waals surface area contributed by atoms with Gasteiger partial charge in [0.25, 0.3) is 16.8 Å². The number of rotatable bonds is 6. The molecule has 0 saturated heterocycles. The number of anilines is 3. The number of aromatic nitrogens is 2. The minimum atomic E-state index is -0.890. The molecule has 10 heteroatoms. The van der Waals surface area contributed by atoms with Gasteiger partial charge in [0.15, 0.2) is 0 Å². The lowest BCUT2D eigenvalue weighted by molar-refractivity contribution is 0.0912. The molecule has 0 aliphatic heterocycles. The number of carbonyl (C=O) groups is 1. The van der Waals surface area contributed by atoms with Gasteiger partial charge < -0.3 is 16.0 Å². The van der Waals surface area contributed by atoms with Gasteiger partial charge in [-0.25, -0.2) is 13.8 Å². The van der Waals surface area contributed by atoms with Crippen molar-refractivity contribution in [3.63, 3.8) is 0 Å². The molecule has 3 rings (SSSR count). The Labute approximate surface area is 170 Å². The highest BCUT2D eigenvalue weighted by molar-refractivity contribution is 5.94. The molecule has 0 saturated carbocycles.